The summed E-state index contributed by atoms with van der Waals surface area (Å²) in [6.07, 6.45) is 3.74. The molecule has 3 amide bonds. The second kappa shape index (κ2) is 19.6. The minimum Gasteiger partial charge on any atom is -0.464 e. The van der Waals surface area contributed by atoms with Gasteiger partial charge in [0.05, 0.1) is 60.5 Å². The summed E-state index contributed by atoms with van der Waals surface area (Å²) in [7, 11) is 1.53. The summed E-state index contributed by atoms with van der Waals surface area (Å²) >= 11 is 1.34. The van der Waals surface area contributed by atoms with Crippen LogP contribution in [0.2, 0.25) is 0 Å². The molecule has 8 heterocycles. The zero-order valence-electron chi connectivity index (χ0n) is 42.0. The van der Waals surface area contributed by atoms with Crippen LogP contribution in [0.25, 0.3) is 33.4 Å². The number of thiazole rings is 1. The maximum Gasteiger partial charge on any atom is 0.406 e. The van der Waals surface area contributed by atoms with Gasteiger partial charge in [-0.2, -0.15) is 13.2 Å². The van der Waals surface area contributed by atoms with E-state index in [1.807, 2.05) is 30.2 Å². The molecule has 392 valence electrons. The van der Waals surface area contributed by atoms with E-state index in [1.54, 1.807) is 37.4 Å². The normalized spacial score (nSPS) is 26.6. The molecule has 16 nitrogen and oxygen atoms in total. The van der Waals surface area contributed by atoms with E-state index in [0.29, 0.717) is 108 Å². The monoisotopic (exact) mass is 1030 g/mol. The average molecular weight is 1030 g/mol. The van der Waals surface area contributed by atoms with Crippen LogP contribution in [0.1, 0.15) is 94.5 Å². The summed E-state index contributed by atoms with van der Waals surface area (Å²) in [5.74, 6) is -0.990. The number of alkyl halides is 3. The van der Waals surface area contributed by atoms with Crippen LogP contribution >= 0.6 is 11.3 Å². The summed E-state index contributed by atoms with van der Waals surface area (Å²) in [6.45, 7) is 7.86. The maximum atomic E-state index is 15.1. The number of carbonyl (C=O) groups excluding carboxylic acids is 4. The third-order valence-corrected chi connectivity index (χ3v) is 17.1. The number of pyridine rings is 1. The molecule has 1 spiro atoms. The van der Waals surface area contributed by atoms with Gasteiger partial charge in [0.2, 0.25) is 11.8 Å². The molecule has 3 aromatic heterocycles. The van der Waals surface area contributed by atoms with Gasteiger partial charge in [-0.1, -0.05) is 32.8 Å². The van der Waals surface area contributed by atoms with Gasteiger partial charge in [0, 0.05) is 84.8 Å². The molecule has 11 rings (SSSR count). The first-order chi connectivity index (χ1) is 35.0. The predicted octanol–water partition coefficient (Wildman–Crippen LogP) is 6.06. The van der Waals surface area contributed by atoms with Crippen molar-refractivity contribution in [1.29, 1.82) is 0 Å². The van der Waals surface area contributed by atoms with Crippen LogP contribution < -0.4 is 10.7 Å². The predicted molar refractivity (Wildman–Crippen MR) is 266 cm³/mol. The van der Waals surface area contributed by atoms with Crippen molar-refractivity contribution in [3.63, 3.8) is 0 Å². The molecule has 6 bridgehead atoms. The topological polar surface area (TPSA) is 163 Å². The van der Waals surface area contributed by atoms with Crippen molar-refractivity contribution in [2.45, 2.75) is 140 Å². The number of aromatic nitrogens is 3. The SMILES string of the molecule is CO[C@@H](C)c1ncccc1-c1c2c3cc(ccc3n1CC(F)(F)F)-c1csc(n1)C[C@H](NC(=O)C(C1CCCC1)N1CCOC3(CN(C(=O)[C@H]4CN4C4CC4)C3)C1)C(=O)N1CCC[C@H](N1)C(=O)OCC(C)(C)C2. The number of ether oxygens (including phenoxy) is 3. The zero-order valence-corrected chi connectivity index (χ0v) is 42.9. The van der Waals surface area contributed by atoms with Crippen LogP contribution in [0, 0.1) is 11.3 Å². The standard InChI is InChI=1S/C53H66F3N9O7S/c1-31(70-4)44-35(11-7-17-57-44)46-37-23-51(2,3)30-71-50(69)38-12-8-18-65(60-38)48(67)39(22-43-58-40(25-73-43)33-13-16-41(36(37)21-33)64(46)29-53(54,55)56)59-47(66)45(32-9-5-6-10-32)61-19-20-72-52(26-61)27-62(28-52)49(68)42-24-63(42)34-14-15-34/h7,11,13,16-17,21,25,31-32,34,38-39,42,45,60H,5-6,8-10,12,14-15,18-20,22-24,26-30H2,1-4H3,(H,59,66)/t31-,38-,39-,42+,45?,63?/m0/s1. The number of halogens is 3. The average Bonchev–Trinajstić information content (AvgIpc) is 4.24. The Morgan fingerprint density at radius 2 is 1.84 bits per heavy atom. The number of likely N-dealkylation sites (tertiary alicyclic amines) is 1. The van der Waals surface area contributed by atoms with Gasteiger partial charge in [-0.05, 0) is 87.6 Å². The smallest absolute Gasteiger partial charge is 0.406 e. The fraction of sp³-hybridized carbons (Fsp3) is 0.623. The number of amides is 3. The molecular weight excluding hydrogens is 964 g/mol. The van der Waals surface area contributed by atoms with E-state index < -0.39 is 59.8 Å². The first kappa shape index (κ1) is 50.2. The maximum absolute atomic E-state index is 15.1. The number of nitrogens with zero attached hydrogens (tertiary/aromatic N) is 7. The Hall–Kier alpha value is -4.99. The highest BCUT2D eigenvalue weighted by molar-refractivity contribution is 7.10. The second-order valence-electron chi connectivity index (χ2n) is 22.4. The van der Waals surface area contributed by atoms with Crippen LogP contribution in [-0.2, 0) is 52.8 Å². The lowest BCUT2D eigenvalue weighted by Crippen LogP contribution is -2.73. The van der Waals surface area contributed by atoms with Crippen molar-refractivity contribution in [3.8, 4) is 22.5 Å². The molecule has 0 radical (unpaired) electrons. The number of benzene rings is 1. The number of cyclic esters (lactones) is 1. The summed E-state index contributed by atoms with van der Waals surface area (Å²) in [4.78, 5) is 73.5. The lowest BCUT2D eigenvalue weighted by Gasteiger charge is -2.55. The molecule has 4 saturated heterocycles. The Balaban J connectivity index is 0.926. The minimum atomic E-state index is -4.58. The Morgan fingerprint density at radius 1 is 1.04 bits per heavy atom. The Morgan fingerprint density at radius 3 is 2.59 bits per heavy atom. The molecule has 73 heavy (non-hydrogen) atoms. The summed E-state index contributed by atoms with van der Waals surface area (Å²) in [5, 5.41) is 7.69. The first-order valence-corrected chi connectivity index (χ1v) is 27.0. The lowest BCUT2D eigenvalue weighted by atomic mass is 9.84. The van der Waals surface area contributed by atoms with E-state index >= 15 is 4.79 Å². The van der Waals surface area contributed by atoms with Gasteiger partial charge in [-0.15, -0.1) is 11.3 Å². The minimum absolute atomic E-state index is 0.0281. The molecule has 2 saturated carbocycles. The number of hydrogen-bond acceptors (Lipinski definition) is 13. The highest BCUT2D eigenvalue weighted by Crippen LogP contribution is 2.44. The van der Waals surface area contributed by atoms with E-state index in [9.17, 15) is 27.6 Å². The summed E-state index contributed by atoms with van der Waals surface area (Å²) in [5.41, 5.74) is 5.39. The largest absolute Gasteiger partial charge is 0.464 e. The van der Waals surface area contributed by atoms with Gasteiger partial charge in [0.1, 0.15) is 30.3 Å². The van der Waals surface area contributed by atoms with Gasteiger partial charge in [0.15, 0.2) is 0 Å². The zero-order chi connectivity index (χ0) is 51.0. The van der Waals surface area contributed by atoms with Crippen LogP contribution in [0.5, 0.6) is 0 Å². The van der Waals surface area contributed by atoms with E-state index in [0.717, 1.165) is 45.1 Å². The van der Waals surface area contributed by atoms with Crippen molar-refractivity contribution in [3.05, 3.63) is 58.2 Å². The van der Waals surface area contributed by atoms with Crippen molar-refractivity contribution in [2.75, 3.05) is 59.6 Å². The number of nitrogens with one attached hydrogen (secondary N) is 2. The fourth-order valence-electron chi connectivity index (χ4n) is 12.3. The molecule has 1 aromatic carbocycles. The molecule has 7 aliphatic rings. The highest BCUT2D eigenvalue weighted by atomic mass is 32.1. The highest BCUT2D eigenvalue weighted by Gasteiger charge is 2.57. The molecule has 2 aliphatic carbocycles. The number of methoxy groups -OCH3 is 1. The van der Waals surface area contributed by atoms with Crippen LogP contribution in [0.4, 0.5) is 13.2 Å². The van der Waals surface area contributed by atoms with E-state index in [2.05, 4.69) is 25.5 Å². The first-order valence-electron chi connectivity index (χ1n) is 26.1. The van der Waals surface area contributed by atoms with E-state index in [1.165, 1.54) is 28.0 Å². The molecular formula is C53H66F3N9O7S. The number of rotatable bonds is 10. The summed E-state index contributed by atoms with van der Waals surface area (Å²) < 4.78 is 63.7. The van der Waals surface area contributed by atoms with E-state index in [-0.39, 0.29) is 43.2 Å². The van der Waals surface area contributed by atoms with Crippen molar-refractivity contribution >= 4 is 45.9 Å². The van der Waals surface area contributed by atoms with Crippen LogP contribution in [0.15, 0.2) is 41.9 Å². The molecule has 4 aromatic rings. The van der Waals surface area contributed by atoms with Crippen LogP contribution in [0.3, 0.4) is 0 Å². The molecule has 6 atom stereocenters. The van der Waals surface area contributed by atoms with Gasteiger partial charge >= 0.3 is 12.1 Å². The van der Waals surface area contributed by atoms with Crippen molar-refractivity contribution in [1.82, 2.24) is 45.0 Å². The van der Waals surface area contributed by atoms with Crippen molar-refractivity contribution < 1.29 is 46.6 Å². The summed E-state index contributed by atoms with van der Waals surface area (Å²) in [6, 6.07) is 6.87. The molecule has 6 fully saturated rings. The number of esters is 1. The van der Waals surface area contributed by atoms with Gasteiger partial charge < -0.3 is 29.0 Å². The van der Waals surface area contributed by atoms with Gasteiger partial charge in [-0.25, -0.2) is 10.4 Å². The van der Waals surface area contributed by atoms with Gasteiger partial charge in [-0.3, -0.25) is 39.0 Å². The van der Waals surface area contributed by atoms with Gasteiger partial charge in [0.25, 0.3) is 5.91 Å². The number of fused-ring (bicyclic) bond motifs is 6. The molecule has 2 unspecified atom stereocenters. The third kappa shape index (κ3) is 10.3. The Kier molecular flexibility index (Phi) is 13.5. The van der Waals surface area contributed by atoms with Crippen molar-refractivity contribution in [2.24, 2.45) is 11.3 Å². The third-order valence-electron chi connectivity index (χ3n) is 16.2. The lowest BCUT2D eigenvalue weighted by molar-refractivity contribution is -0.198. The number of morpholine rings is 1. The quantitative estimate of drug-likeness (QED) is 0.140. The molecule has 2 N–H and O–H groups in total. The Bertz CT molecular complexity index is 2770. The fourth-order valence-corrected chi connectivity index (χ4v) is 13.1. The number of hydrazine groups is 1. The van der Waals surface area contributed by atoms with Crippen LogP contribution in [-0.4, -0.2) is 160 Å². The second-order valence-corrected chi connectivity index (χ2v) is 23.3. The Labute approximate surface area is 427 Å². The molecule has 5 aliphatic heterocycles. The number of carbonyl (C=O) groups is 4. The molecule has 20 heteroatoms. The number of hydrogen-bond donors (Lipinski definition) is 2. The van der Waals surface area contributed by atoms with E-state index in [4.69, 9.17) is 19.2 Å².